The van der Waals surface area contributed by atoms with Crippen molar-refractivity contribution in [2.45, 2.75) is 39.3 Å². The molecule has 0 amide bonds. The summed E-state index contributed by atoms with van der Waals surface area (Å²) in [7, 11) is 1.92. The van der Waals surface area contributed by atoms with Gasteiger partial charge >= 0.3 is 0 Å². The lowest BCUT2D eigenvalue weighted by Crippen LogP contribution is -2.22. The van der Waals surface area contributed by atoms with Crippen LogP contribution in [0.15, 0.2) is 6.07 Å². The molecule has 1 aromatic heterocycles. The highest BCUT2D eigenvalue weighted by Crippen LogP contribution is 2.12. The molecule has 15 heavy (non-hydrogen) atoms. The fourth-order valence-electron chi connectivity index (χ4n) is 1.44. The maximum atomic E-state index is 6.03. The highest BCUT2D eigenvalue weighted by atomic mass is 16.5. The fraction of sp³-hybridized carbons (Fsp3) is 0.727. The van der Waals surface area contributed by atoms with Crippen LogP contribution in [0.2, 0.25) is 0 Å². The van der Waals surface area contributed by atoms with Crippen molar-refractivity contribution in [2.75, 3.05) is 6.61 Å². The van der Waals surface area contributed by atoms with Gasteiger partial charge in [0.15, 0.2) is 0 Å². The predicted molar refractivity (Wildman–Crippen MR) is 60.6 cm³/mol. The maximum absolute atomic E-state index is 6.03. The Hall–Kier alpha value is -0.870. The Labute approximate surface area is 91.4 Å². The molecular weight excluding hydrogens is 190 g/mol. The second kappa shape index (κ2) is 5.28. The van der Waals surface area contributed by atoms with Gasteiger partial charge in [-0.05, 0) is 26.3 Å². The van der Waals surface area contributed by atoms with Crippen molar-refractivity contribution in [1.29, 1.82) is 0 Å². The van der Waals surface area contributed by atoms with Crippen LogP contribution in [0.3, 0.4) is 0 Å². The summed E-state index contributed by atoms with van der Waals surface area (Å²) >= 11 is 0. The normalized spacial score (nSPS) is 13.5. The van der Waals surface area contributed by atoms with Gasteiger partial charge in [-0.2, -0.15) is 5.10 Å². The molecule has 4 heteroatoms. The van der Waals surface area contributed by atoms with Gasteiger partial charge in [0, 0.05) is 7.05 Å². The van der Waals surface area contributed by atoms with E-state index in [1.165, 1.54) is 0 Å². The molecule has 0 saturated heterocycles. The number of hydrogen-bond acceptors (Lipinski definition) is 3. The molecule has 86 valence electrons. The first-order valence-electron chi connectivity index (χ1n) is 5.44. The van der Waals surface area contributed by atoms with Gasteiger partial charge in [-0.15, -0.1) is 0 Å². The van der Waals surface area contributed by atoms with E-state index in [1.807, 2.05) is 31.6 Å². The first-order valence-corrected chi connectivity index (χ1v) is 5.44. The number of ether oxygens (including phenoxy) is 1. The molecule has 1 rings (SSSR count). The van der Waals surface area contributed by atoms with Crippen molar-refractivity contribution in [2.24, 2.45) is 12.8 Å². The van der Waals surface area contributed by atoms with E-state index in [-0.39, 0.29) is 12.1 Å². The van der Waals surface area contributed by atoms with Crippen LogP contribution in [0.5, 0.6) is 0 Å². The lowest BCUT2D eigenvalue weighted by Gasteiger charge is -2.14. The molecule has 0 bridgehead atoms. The van der Waals surface area contributed by atoms with Gasteiger partial charge in [-0.1, -0.05) is 6.92 Å². The van der Waals surface area contributed by atoms with Gasteiger partial charge in [-0.3, -0.25) is 4.68 Å². The summed E-state index contributed by atoms with van der Waals surface area (Å²) in [4.78, 5) is 0. The first kappa shape index (κ1) is 12.2. The van der Waals surface area contributed by atoms with Crippen molar-refractivity contribution in [3.8, 4) is 0 Å². The van der Waals surface area contributed by atoms with Crippen molar-refractivity contribution in [1.82, 2.24) is 9.78 Å². The average Bonchev–Trinajstić information content (AvgIpc) is 2.56. The molecule has 0 fully saturated rings. The Morgan fingerprint density at radius 2 is 2.20 bits per heavy atom. The summed E-state index contributed by atoms with van der Waals surface area (Å²) in [5.41, 5.74) is 8.14. The Morgan fingerprint density at radius 3 is 2.67 bits per heavy atom. The molecule has 2 N–H and O–H groups in total. The third-order valence-corrected chi connectivity index (χ3v) is 2.32. The number of rotatable bonds is 5. The van der Waals surface area contributed by atoms with Crippen LogP contribution in [0.4, 0.5) is 0 Å². The lowest BCUT2D eigenvalue weighted by molar-refractivity contribution is 0.0670. The SMILES string of the molecule is CCc1cc(C(N)COC(C)C)n(C)n1. The Kier molecular flexibility index (Phi) is 4.29. The highest BCUT2D eigenvalue weighted by Gasteiger charge is 2.12. The molecule has 0 aliphatic heterocycles. The molecule has 0 spiro atoms. The van der Waals surface area contributed by atoms with Gasteiger partial charge in [-0.25, -0.2) is 0 Å². The highest BCUT2D eigenvalue weighted by molar-refractivity contribution is 5.13. The van der Waals surface area contributed by atoms with Crippen LogP contribution in [-0.4, -0.2) is 22.5 Å². The van der Waals surface area contributed by atoms with E-state index >= 15 is 0 Å². The van der Waals surface area contributed by atoms with Gasteiger partial charge in [0.2, 0.25) is 0 Å². The average molecular weight is 211 g/mol. The van der Waals surface area contributed by atoms with Crippen LogP contribution in [0.1, 0.15) is 38.2 Å². The summed E-state index contributed by atoms with van der Waals surface area (Å²) < 4.78 is 7.33. The summed E-state index contributed by atoms with van der Waals surface area (Å²) in [5, 5.41) is 4.36. The molecule has 1 atom stereocenters. The predicted octanol–water partition coefficient (Wildman–Crippen LogP) is 1.41. The number of nitrogens with two attached hydrogens (primary N) is 1. The Morgan fingerprint density at radius 1 is 1.53 bits per heavy atom. The summed E-state index contributed by atoms with van der Waals surface area (Å²) in [6, 6.07) is 1.96. The molecule has 1 heterocycles. The smallest absolute Gasteiger partial charge is 0.0704 e. The van der Waals surface area contributed by atoms with Crippen LogP contribution >= 0.6 is 0 Å². The monoisotopic (exact) mass is 211 g/mol. The zero-order valence-electron chi connectivity index (χ0n) is 10.0. The molecule has 0 saturated carbocycles. The quantitative estimate of drug-likeness (QED) is 0.801. The minimum absolute atomic E-state index is 0.0924. The largest absolute Gasteiger partial charge is 0.377 e. The molecule has 1 aromatic rings. The third-order valence-electron chi connectivity index (χ3n) is 2.32. The standard InChI is InChI=1S/C11H21N3O/c1-5-9-6-11(14(4)13-9)10(12)7-15-8(2)3/h6,8,10H,5,7,12H2,1-4H3. The van der Waals surface area contributed by atoms with E-state index in [2.05, 4.69) is 12.0 Å². The first-order chi connectivity index (χ1) is 7.04. The molecule has 0 radical (unpaired) electrons. The van der Waals surface area contributed by atoms with Crippen molar-refractivity contribution < 1.29 is 4.74 Å². The van der Waals surface area contributed by atoms with E-state index in [1.54, 1.807) is 0 Å². The number of aryl methyl sites for hydroxylation is 2. The van der Waals surface area contributed by atoms with Crippen LogP contribution in [0, 0.1) is 0 Å². The van der Waals surface area contributed by atoms with E-state index in [0.717, 1.165) is 17.8 Å². The third kappa shape index (κ3) is 3.32. The van der Waals surface area contributed by atoms with Crippen molar-refractivity contribution in [3.05, 3.63) is 17.5 Å². The molecule has 1 unspecified atom stereocenters. The van der Waals surface area contributed by atoms with Crippen LogP contribution < -0.4 is 5.73 Å². The second-order valence-electron chi connectivity index (χ2n) is 4.03. The number of aromatic nitrogens is 2. The van der Waals surface area contributed by atoms with Gasteiger partial charge in [0.05, 0.1) is 30.1 Å². The summed E-state index contributed by atoms with van der Waals surface area (Å²) in [6.07, 6.45) is 1.15. The summed E-state index contributed by atoms with van der Waals surface area (Å²) in [6.45, 7) is 6.64. The van der Waals surface area contributed by atoms with E-state index < -0.39 is 0 Å². The van der Waals surface area contributed by atoms with Crippen LogP contribution in [-0.2, 0) is 18.2 Å². The zero-order chi connectivity index (χ0) is 11.4. The Balaban J connectivity index is 2.64. The van der Waals surface area contributed by atoms with E-state index in [9.17, 15) is 0 Å². The van der Waals surface area contributed by atoms with Gasteiger partial charge in [0.25, 0.3) is 0 Å². The van der Waals surface area contributed by atoms with Gasteiger partial charge in [0.1, 0.15) is 0 Å². The minimum atomic E-state index is -0.0924. The second-order valence-corrected chi connectivity index (χ2v) is 4.03. The van der Waals surface area contributed by atoms with E-state index in [4.69, 9.17) is 10.5 Å². The molecule has 0 aliphatic rings. The lowest BCUT2D eigenvalue weighted by atomic mass is 10.2. The van der Waals surface area contributed by atoms with Crippen molar-refractivity contribution >= 4 is 0 Å². The van der Waals surface area contributed by atoms with Crippen LogP contribution in [0.25, 0.3) is 0 Å². The molecule has 0 aromatic carbocycles. The molecule has 4 nitrogen and oxygen atoms in total. The zero-order valence-corrected chi connectivity index (χ0v) is 10.0. The minimum Gasteiger partial charge on any atom is -0.377 e. The van der Waals surface area contributed by atoms with Gasteiger partial charge < -0.3 is 10.5 Å². The number of nitrogens with zero attached hydrogens (tertiary/aromatic N) is 2. The Bertz CT molecular complexity index is 307. The summed E-state index contributed by atoms with van der Waals surface area (Å²) in [5.74, 6) is 0. The van der Waals surface area contributed by atoms with E-state index in [0.29, 0.717) is 6.61 Å². The van der Waals surface area contributed by atoms with Crippen molar-refractivity contribution in [3.63, 3.8) is 0 Å². The molecule has 0 aliphatic carbocycles. The number of hydrogen-bond donors (Lipinski definition) is 1. The topological polar surface area (TPSA) is 53.1 Å². The fourth-order valence-corrected chi connectivity index (χ4v) is 1.44. The maximum Gasteiger partial charge on any atom is 0.0704 e. The molecular formula is C11H21N3O.